The first-order chi connectivity index (χ1) is 10.8. The minimum Gasteiger partial charge on any atom is -0.451 e. The van der Waals surface area contributed by atoms with Crippen molar-refractivity contribution in [2.75, 3.05) is 0 Å². The molecule has 4 rings (SSSR count). The summed E-state index contributed by atoms with van der Waals surface area (Å²) in [6.07, 6.45) is 5.67. The molecule has 1 aliphatic rings. The molecule has 110 valence electrons. The first-order valence-corrected chi connectivity index (χ1v) is 7.50. The number of hydrogen-bond acceptors (Lipinski definition) is 3. The van der Waals surface area contributed by atoms with Crippen LogP contribution in [-0.2, 0) is 6.54 Å². The fourth-order valence-corrected chi connectivity index (χ4v) is 2.67. The van der Waals surface area contributed by atoms with Crippen LogP contribution in [0.25, 0.3) is 11.0 Å². The number of para-hydroxylation sites is 1. The first-order valence-electron chi connectivity index (χ1n) is 7.50. The van der Waals surface area contributed by atoms with E-state index in [0.717, 1.165) is 29.4 Å². The number of carbonyl (C=O) groups excluding carboxylic acids is 1. The van der Waals surface area contributed by atoms with Gasteiger partial charge in [-0.25, -0.2) is 0 Å². The maximum Gasteiger partial charge on any atom is 0.290 e. The summed E-state index contributed by atoms with van der Waals surface area (Å²) in [6, 6.07) is 13.7. The molecule has 22 heavy (non-hydrogen) atoms. The molecule has 3 aromatic rings. The molecule has 0 radical (unpaired) electrons. The molecule has 1 saturated carbocycles. The van der Waals surface area contributed by atoms with Crippen molar-refractivity contribution >= 4 is 16.9 Å². The van der Waals surface area contributed by atoms with Crippen LogP contribution in [0.1, 0.15) is 29.0 Å². The maximum absolute atomic E-state index is 12.8. The number of pyridine rings is 1. The van der Waals surface area contributed by atoms with Gasteiger partial charge in [0.05, 0.1) is 0 Å². The Labute approximate surface area is 128 Å². The smallest absolute Gasteiger partial charge is 0.290 e. The van der Waals surface area contributed by atoms with E-state index in [-0.39, 0.29) is 5.91 Å². The summed E-state index contributed by atoms with van der Waals surface area (Å²) in [6.45, 7) is 0.578. The molecule has 0 aliphatic heterocycles. The molecule has 1 fully saturated rings. The molecule has 0 N–H and O–H groups in total. The second-order valence-corrected chi connectivity index (χ2v) is 5.67. The van der Waals surface area contributed by atoms with Gasteiger partial charge in [0.2, 0.25) is 0 Å². The number of benzene rings is 1. The molecule has 2 aromatic heterocycles. The van der Waals surface area contributed by atoms with Gasteiger partial charge in [-0.3, -0.25) is 9.78 Å². The lowest BCUT2D eigenvalue weighted by Gasteiger charge is -2.21. The quantitative estimate of drug-likeness (QED) is 0.737. The fourth-order valence-electron chi connectivity index (χ4n) is 2.67. The van der Waals surface area contributed by atoms with Gasteiger partial charge in [-0.1, -0.05) is 24.3 Å². The molecular weight excluding hydrogens is 276 g/mol. The van der Waals surface area contributed by atoms with Gasteiger partial charge in [0.15, 0.2) is 5.76 Å². The van der Waals surface area contributed by atoms with E-state index in [9.17, 15) is 4.79 Å². The first kappa shape index (κ1) is 13.1. The van der Waals surface area contributed by atoms with Crippen LogP contribution >= 0.6 is 0 Å². The van der Waals surface area contributed by atoms with Crippen LogP contribution in [0.5, 0.6) is 0 Å². The van der Waals surface area contributed by atoms with Crippen LogP contribution in [0.3, 0.4) is 0 Å². The largest absolute Gasteiger partial charge is 0.451 e. The number of hydrogen-bond donors (Lipinski definition) is 0. The van der Waals surface area contributed by atoms with Gasteiger partial charge in [0.25, 0.3) is 5.91 Å². The van der Waals surface area contributed by atoms with Gasteiger partial charge in [-0.15, -0.1) is 0 Å². The standard InChI is InChI=1S/C18H16N2O2/c21-18(17-10-14-5-1-2-6-16(14)22-17)20(15-7-8-15)12-13-4-3-9-19-11-13/h1-6,9-11,15H,7-8,12H2. The minimum atomic E-state index is -0.0393. The maximum atomic E-state index is 12.8. The molecule has 0 unspecified atom stereocenters. The molecule has 1 aromatic carbocycles. The van der Waals surface area contributed by atoms with Crippen molar-refractivity contribution in [1.82, 2.24) is 9.88 Å². The molecule has 2 heterocycles. The number of carbonyl (C=O) groups is 1. The number of fused-ring (bicyclic) bond motifs is 1. The van der Waals surface area contributed by atoms with Gasteiger partial charge in [-0.2, -0.15) is 0 Å². The second-order valence-electron chi connectivity index (χ2n) is 5.67. The van der Waals surface area contributed by atoms with Crippen molar-refractivity contribution in [3.63, 3.8) is 0 Å². The Balaban J connectivity index is 1.63. The number of amides is 1. The number of rotatable bonds is 4. The zero-order chi connectivity index (χ0) is 14.9. The van der Waals surface area contributed by atoms with E-state index < -0.39 is 0 Å². The molecule has 1 aliphatic carbocycles. The van der Waals surface area contributed by atoms with E-state index in [0.29, 0.717) is 18.3 Å². The number of furan rings is 1. The summed E-state index contributed by atoms with van der Waals surface area (Å²) in [5, 5.41) is 0.961. The normalized spacial score (nSPS) is 14.2. The summed E-state index contributed by atoms with van der Waals surface area (Å²) in [5.41, 5.74) is 1.79. The predicted molar refractivity (Wildman–Crippen MR) is 83.3 cm³/mol. The average Bonchev–Trinajstić information content (AvgIpc) is 3.30. The Morgan fingerprint density at radius 3 is 2.82 bits per heavy atom. The molecule has 4 heteroatoms. The molecule has 1 amide bonds. The van der Waals surface area contributed by atoms with E-state index in [1.807, 2.05) is 47.4 Å². The molecule has 0 bridgehead atoms. The van der Waals surface area contributed by atoms with E-state index >= 15 is 0 Å². The topological polar surface area (TPSA) is 46.3 Å². The Hall–Kier alpha value is -2.62. The molecule has 4 nitrogen and oxygen atoms in total. The minimum absolute atomic E-state index is 0.0393. The molecular formula is C18H16N2O2. The van der Waals surface area contributed by atoms with Crippen LogP contribution in [-0.4, -0.2) is 21.8 Å². The highest BCUT2D eigenvalue weighted by atomic mass is 16.3. The lowest BCUT2D eigenvalue weighted by atomic mass is 10.2. The van der Waals surface area contributed by atoms with Gasteiger partial charge in [0, 0.05) is 30.4 Å². The Morgan fingerprint density at radius 2 is 2.09 bits per heavy atom. The summed E-state index contributed by atoms with van der Waals surface area (Å²) in [7, 11) is 0. The predicted octanol–water partition coefficient (Wildman–Crippen LogP) is 3.63. The molecule has 0 saturated heterocycles. The number of aromatic nitrogens is 1. The van der Waals surface area contributed by atoms with Crippen LogP contribution in [0.4, 0.5) is 0 Å². The third-order valence-electron chi connectivity index (χ3n) is 3.96. The second kappa shape index (κ2) is 5.30. The van der Waals surface area contributed by atoms with E-state index in [1.165, 1.54) is 0 Å². The Morgan fingerprint density at radius 1 is 1.23 bits per heavy atom. The Bertz CT molecular complexity index is 773. The van der Waals surface area contributed by atoms with Crippen molar-refractivity contribution in [3.8, 4) is 0 Å². The third kappa shape index (κ3) is 2.48. The molecule has 0 atom stereocenters. The van der Waals surface area contributed by atoms with E-state index in [2.05, 4.69) is 4.98 Å². The van der Waals surface area contributed by atoms with Gasteiger partial charge in [-0.05, 0) is 36.6 Å². The lowest BCUT2D eigenvalue weighted by Crippen LogP contribution is -2.32. The van der Waals surface area contributed by atoms with Crippen molar-refractivity contribution in [2.24, 2.45) is 0 Å². The van der Waals surface area contributed by atoms with Gasteiger partial charge in [0.1, 0.15) is 5.58 Å². The van der Waals surface area contributed by atoms with Crippen LogP contribution in [0.15, 0.2) is 59.3 Å². The Kier molecular flexibility index (Phi) is 3.15. The highest BCUT2D eigenvalue weighted by molar-refractivity contribution is 5.96. The summed E-state index contributed by atoms with van der Waals surface area (Å²) < 4.78 is 5.72. The van der Waals surface area contributed by atoms with Crippen LogP contribution in [0, 0.1) is 0 Å². The zero-order valence-electron chi connectivity index (χ0n) is 12.1. The van der Waals surface area contributed by atoms with Crippen molar-refractivity contribution < 1.29 is 9.21 Å². The van der Waals surface area contributed by atoms with Gasteiger partial charge < -0.3 is 9.32 Å². The third-order valence-corrected chi connectivity index (χ3v) is 3.96. The van der Waals surface area contributed by atoms with E-state index in [1.54, 1.807) is 12.4 Å². The van der Waals surface area contributed by atoms with E-state index in [4.69, 9.17) is 4.42 Å². The highest BCUT2D eigenvalue weighted by Crippen LogP contribution is 2.31. The van der Waals surface area contributed by atoms with Gasteiger partial charge >= 0.3 is 0 Å². The molecule has 0 spiro atoms. The van der Waals surface area contributed by atoms with Crippen molar-refractivity contribution in [3.05, 3.63) is 66.2 Å². The zero-order valence-corrected chi connectivity index (χ0v) is 12.1. The fraction of sp³-hybridized carbons (Fsp3) is 0.222. The number of nitrogens with zero attached hydrogens (tertiary/aromatic N) is 2. The summed E-state index contributed by atoms with van der Waals surface area (Å²) >= 11 is 0. The lowest BCUT2D eigenvalue weighted by molar-refractivity contribution is 0.0699. The summed E-state index contributed by atoms with van der Waals surface area (Å²) in [4.78, 5) is 18.8. The van der Waals surface area contributed by atoms with Crippen molar-refractivity contribution in [2.45, 2.75) is 25.4 Å². The highest BCUT2D eigenvalue weighted by Gasteiger charge is 2.34. The van der Waals surface area contributed by atoms with Crippen molar-refractivity contribution in [1.29, 1.82) is 0 Å². The average molecular weight is 292 g/mol. The summed E-state index contributed by atoms with van der Waals surface area (Å²) in [5.74, 6) is 0.375. The SMILES string of the molecule is O=C(c1cc2ccccc2o1)N(Cc1cccnc1)C1CC1. The van der Waals surface area contributed by atoms with Crippen LogP contribution < -0.4 is 0 Å². The monoisotopic (exact) mass is 292 g/mol. The van der Waals surface area contributed by atoms with Crippen LogP contribution in [0.2, 0.25) is 0 Å².